The maximum Gasteiger partial charge on any atom is 0.387 e. The second kappa shape index (κ2) is 5.76. The number of rotatable bonds is 3. The number of hydrogen-bond acceptors (Lipinski definition) is 6. The van der Waals surface area contributed by atoms with Crippen molar-refractivity contribution < 1.29 is 13.5 Å². The van der Waals surface area contributed by atoms with Gasteiger partial charge in [-0.2, -0.15) is 19.0 Å². The summed E-state index contributed by atoms with van der Waals surface area (Å²) in [6, 6.07) is 5.79. The quantitative estimate of drug-likeness (QED) is 0.900. The average molecular weight is 312 g/mol. The summed E-state index contributed by atoms with van der Waals surface area (Å²) in [4.78, 5) is 7.51. The number of halogens is 3. The zero-order valence-electron chi connectivity index (χ0n) is 10.3. The standard InChI is InChI=1S/C12H8ClF2N5O/c13-5-1-2-6(8(3-5)21-11(14)15)9-7(4-16)10(17)20-12(18)19-9/h1-3,11H,(H4,17,18,19,20). The number of nitrogens with zero attached hydrogens (tertiary/aromatic N) is 3. The molecule has 0 aliphatic carbocycles. The van der Waals surface area contributed by atoms with E-state index in [1.165, 1.54) is 18.2 Å². The molecule has 21 heavy (non-hydrogen) atoms. The van der Waals surface area contributed by atoms with E-state index in [2.05, 4.69) is 14.7 Å². The van der Waals surface area contributed by atoms with Gasteiger partial charge in [0.2, 0.25) is 5.95 Å². The first-order valence-electron chi connectivity index (χ1n) is 5.50. The second-order valence-corrected chi connectivity index (χ2v) is 4.26. The summed E-state index contributed by atoms with van der Waals surface area (Å²) in [5.74, 6) is -0.594. The fraction of sp³-hybridized carbons (Fsp3) is 0.0833. The minimum absolute atomic E-state index is 0.00480. The SMILES string of the molecule is N#Cc1c(N)nc(N)nc1-c1ccc(Cl)cc1OC(F)F. The molecule has 0 saturated heterocycles. The molecule has 1 aromatic carbocycles. The minimum Gasteiger partial charge on any atom is -0.434 e. The Morgan fingerprint density at radius 2 is 2.00 bits per heavy atom. The average Bonchev–Trinajstić information content (AvgIpc) is 2.37. The van der Waals surface area contributed by atoms with Crippen LogP contribution in [0, 0.1) is 11.3 Å². The minimum atomic E-state index is -3.07. The van der Waals surface area contributed by atoms with Crippen molar-refractivity contribution in [3.05, 3.63) is 28.8 Å². The van der Waals surface area contributed by atoms with Gasteiger partial charge >= 0.3 is 6.61 Å². The maximum absolute atomic E-state index is 12.5. The fourth-order valence-electron chi connectivity index (χ4n) is 1.69. The predicted octanol–water partition coefficient (Wildman–Crippen LogP) is 2.43. The van der Waals surface area contributed by atoms with E-state index >= 15 is 0 Å². The highest BCUT2D eigenvalue weighted by atomic mass is 35.5. The maximum atomic E-state index is 12.5. The van der Waals surface area contributed by atoms with Crippen molar-refractivity contribution in [2.24, 2.45) is 0 Å². The molecule has 0 saturated carbocycles. The van der Waals surface area contributed by atoms with Gasteiger partial charge in [-0.3, -0.25) is 0 Å². The molecule has 4 N–H and O–H groups in total. The molecule has 2 aromatic rings. The van der Waals surface area contributed by atoms with E-state index in [1.807, 2.05) is 0 Å². The van der Waals surface area contributed by atoms with Crippen molar-refractivity contribution in [2.75, 3.05) is 11.5 Å². The summed E-state index contributed by atoms with van der Waals surface area (Å²) in [7, 11) is 0. The summed E-state index contributed by atoms with van der Waals surface area (Å²) in [6.07, 6.45) is 0. The molecule has 2 rings (SSSR count). The zero-order valence-corrected chi connectivity index (χ0v) is 11.1. The molecule has 0 bridgehead atoms. The van der Waals surface area contributed by atoms with Crippen LogP contribution in [0.15, 0.2) is 18.2 Å². The van der Waals surface area contributed by atoms with Gasteiger partial charge in [0.25, 0.3) is 0 Å². The van der Waals surface area contributed by atoms with Gasteiger partial charge in [0.1, 0.15) is 23.2 Å². The summed E-state index contributed by atoms with van der Waals surface area (Å²) >= 11 is 5.75. The number of anilines is 2. The van der Waals surface area contributed by atoms with Crippen molar-refractivity contribution in [3.63, 3.8) is 0 Å². The predicted molar refractivity (Wildman–Crippen MR) is 72.6 cm³/mol. The van der Waals surface area contributed by atoms with Gasteiger partial charge in [-0.15, -0.1) is 0 Å². The van der Waals surface area contributed by atoms with Crippen LogP contribution in [0.5, 0.6) is 5.75 Å². The van der Waals surface area contributed by atoms with Crippen LogP contribution in [0.2, 0.25) is 5.02 Å². The van der Waals surface area contributed by atoms with Gasteiger partial charge < -0.3 is 16.2 Å². The first kappa shape index (κ1) is 14.7. The van der Waals surface area contributed by atoms with Gasteiger partial charge in [0.15, 0.2) is 0 Å². The Kier molecular flexibility index (Phi) is 4.05. The molecule has 0 aliphatic rings. The van der Waals surface area contributed by atoms with Crippen LogP contribution >= 0.6 is 11.6 Å². The molecule has 0 amide bonds. The number of aromatic nitrogens is 2. The lowest BCUT2D eigenvalue weighted by molar-refractivity contribution is -0.0494. The van der Waals surface area contributed by atoms with Crippen molar-refractivity contribution in [1.82, 2.24) is 9.97 Å². The number of nitrogen functional groups attached to an aromatic ring is 2. The number of alkyl halides is 2. The van der Waals surface area contributed by atoms with Crippen molar-refractivity contribution in [2.45, 2.75) is 6.61 Å². The highest BCUT2D eigenvalue weighted by molar-refractivity contribution is 6.30. The molecular weight excluding hydrogens is 304 g/mol. The molecule has 1 heterocycles. The molecule has 1 aromatic heterocycles. The molecule has 0 atom stereocenters. The molecule has 108 valence electrons. The highest BCUT2D eigenvalue weighted by Crippen LogP contribution is 2.35. The Bertz CT molecular complexity index is 732. The molecule has 0 unspecified atom stereocenters. The van der Waals surface area contributed by atoms with Gasteiger partial charge in [-0.05, 0) is 18.2 Å². The van der Waals surface area contributed by atoms with Crippen LogP contribution < -0.4 is 16.2 Å². The third-order valence-electron chi connectivity index (χ3n) is 2.48. The van der Waals surface area contributed by atoms with Crippen molar-refractivity contribution >= 4 is 23.4 Å². The van der Waals surface area contributed by atoms with Gasteiger partial charge in [0.05, 0.1) is 5.69 Å². The molecule has 0 aliphatic heterocycles. The number of nitrogens with two attached hydrogens (primary N) is 2. The summed E-state index contributed by atoms with van der Waals surface area (Å²) < 4.78 is 29.3. The zero-order chi connectivity index (χ0) is 15.6. The lowest BCUT2D eigenvalue weighted by Gasteiger charge is -2.12. The normalized spacial score (nSPS) is 10.4. The van der Waals surface area contributed by atoms with E-state index < -0.39 is 6.61 Å². The molecule has 9 heteroatoms. The lowest BCUT2D eigenvalue weighted by Crippen LogP contribution is -2.07. The fourth-order valence-corrected chi connectivity index (χ4v) is 1.85. The smallest absolute Gasteiger partial charge is 0.387 e. The highest BCUT2D eigenvalue weighted by Gasteiger charge is 2.19. The molecule has 6 nitrogen and oxygen atoms in total. The van der Waals surface area contributed by atoms with Gasteiger partial charge in [-0.25, -0.2) is 4.98 Å². The third-order valence-corrected chi connectivity index (χ3v) is 2.72. The van der Waals surface area contributed by atoms with E-state index in [9.17, 15) is 8.78 Å². The van der Waals surface area contributed by atoms with Crippen LogP contribution in [0.4, 0.5) is 20.5 Å². The second-order valence-electron chi connectivity index (χ2n) is 3.82. The molecule has 0 spiro atoms. The first-order chi connectivity index (χ1) is 9.92. The van der Waals surface area contributed by atoms with Crippen LogP contribution in [0.3, 0.4) is 0 Å². The van der Waals surface area contributed by atoms with E-state index in [4.69, 9.17) is 28.3 Å². The Labute approximate surface area is 122 Å². The van der Waals surface area contributed by atoms with Crippen LogP contribution in [-0.4, -0.2) is 16.6 Å². The third kappa shape index (κ3) is 3.09. The lowest BCUT2D eigenvalue weighted by atomic mass is 10.1. The van der Waals surface area contributed by atoms with E-state index in [1.54, 1.807) is 6.07 Å². The van der Waals surface area contributed by atoms with Crippen LogP contribution in [0.1, 0.15) is 5.56 Å². The first-order valence-corrected chi connectivity index (χ1v) is 5.88. The monoisotopic (exact) mass is 311 g/mol. The van der Waals surface area contributed by atoms with Crippen molar-refractivity contribution in [1.29, 1.82) is 5.26 Å². The van der Waals surface area contributed by atoms with Gasteiger partial charge in [-0.1, -0.05) is 11.6 Å². The van der Waals surface area contributed by atoms with E-state index in [0.717, 1.165) is 0 Å². The Hall–Kier alpha value is -2.66. The van der Waals surface area contributed by atoms with Crippen LogP contribution in [0.25, 0.3) is 11.3 Å². The van der Waals surface area contributed by atoms with Gasteiger partial charge in [0, 0.05) is 10.6 Å². The summed E-state index contributed by atoms with van der Waals surface area (Å²) in [6.45, 7) is -3.07. The topological polar surface area (TPSA) is 111 Å². The summed E-state index contributed by atoms with van der Waals surface area (Å²) in [5.41, 5.74) is 11.1. The molecular formula is C12H8ClF2N5O. The number of ether oxygens (including phenoxy) is 1. The largest absolute Gasteiger partial charge is 0.434 e. The molecule has 0 radical (unpaired) electrons. The van der Waals surface area contributed by atoms with E-state index in [0.29, 0.717) is 0 Å². The van der Waals surface area contributed by atoms with E-state index in [-0.39, 0.29) is 39.4 Å². The number of benzene rings is 1. The number of nitriles is 1. The number of hydrogen-bond donors (Lipinski definition) is 2. The van der Waals surface area contributed by atoms with Crippen molar-refractivity contribution in [3.8, 4) is 23.1 Å². The Morgan fingerprint density at radius 1 is 1.29 bits per heavy atom. The Balaban J connectivity index is 2.70. The van der Waals surface area contributed by atoms with Crippen LogP contribution in [-0.2, 0) is 0 Å². The molecule has 0 fully saturated rings. The Morgan fingerprint density at radius 3 is 2.62 bits per heavy atom. The summed E-state index contributed by atoms with van der Waals surface area (Å²) in [5, 5.41) is 9.30.